The van der Waals surface area contributed by atoms with Gasteiger partial charge in [-0.2, -0.15) is 0 Å². The van der Waals surface area contributed by atoms with Crippen molar-refractivity contribution in [2.45, 2.75) is 13.0 Å². The van der Waals surface area contributed by atoms with Crippen molar-refractivity contribution in [3.63, 3.8) is 0 Å². The second-order valence-corrected chi connectivity index (χ2v) is 4.40. The van der Waals surface area contributed by atoms with E-state index in [9.17, 15) is 4.79 Å². The number of ketones is 1. The molecule has 4 nitrogen and oxygen atoms in total. The molecule has 0 spiro atoms. The van der Waals surface area contributed by atoms with Crippen LogP contribution in [0.5, 0.6) is 0 Å². The Balaban J connectivity index is 1.76. The van der Waals surface area contributed by atoms with Crippen molar-refractivity contribution in [2.24, 2.45) is 0 Å². The maximum absolute atomic E-state index is 12.0. The summed E-state index contributed by atoms with van der Waals surface area (Å²) < 4.78 is 1.88. The van der Waals surface area contributed by atoms with Crippen molar-refractivity contribution in [3.8, 4) is 0 Å². The molecule has 3 aromatic rings. The van der Waals surface area contributed by atoms with Crippen LogP contribution in [0.2, 0.25) is 0 Å². The van der Waals surface area contributed by atoms with Crippen molar-refractivity contribution < 1.29 is 4.79 Å². The summed E-state index contributed by atoms with van der Waals surface area (Å²) in [5.41, 5.74) is 2.70. The lowest BCUT2D eigenvalue weighted by atomic mass is 10.2. The molecular formula is C15H13N3O. The van der Waals surface area contributed by atoms with Gasteiger partial charge in [0.2, 0.25) is 0 Å². The molecule has 3 rings (SSSR count). The smallest absolute Gasteiger partial charge is 0.158 e. The highest BCUT2D eigenvalue weighted by atomic mass is 16.1. The number of para-hydroxylation sites is 2. The maximum atomic E-state index is 12.0. The van der Waals surface area contributed by atoms with Crippen LogP contribution in [0.1, 0.15) is 5.69 Å². The summed E-state index contributed by atoms with van der Waals surface area (Å²) in [4.78, 5) is 20.5. The standard InChI is InChI=1S/C15H13N3O/c19-13(9-12-5-3-4-8-16-12)10-18-11-17-14-6-1-2-7-15(14)18/h1-8,11H,9-10H2. The number of aromatic nitrogens is 3. The minimum absolute atomic E-state index is 0.127. The lowest BCUT2D eigenvalue weighted by Gasteiger charge is -2.03. The van der Waals surface area contributed by atoms with Gasteiger partial charge in [-0.3, -0.25) is 9.78 Å². The van der Waals surface area contributed by atoms with Crippen molar-refractivity contribution >= 4 is 16.8 Å². The van der Waals surface area contributed by atoms with Crippen LogP contribution in [0.25, 0.3) is 11.0 Å². The molecule has 0 atom stereocenters. The number of hydrogen-bond acceptors (Lipinski definition) is 3. The van der Waals surface area contributed by atoms with E-state index < -0.39 is 0 Å². The van der Waals surface area contributed by atoms with Gasteiger partial charge in [0.25, 0.3) is 0 Å². The van der Waals surface area contributed by atoms with Crippen molar-refractivity contribution in [1.82, 2.24) is 14.5 Å². The van der Waals surface area contributed by atoms with E-state index in [4.69, 9.17) is 0 Å². The third-order valence-electron chi connectivity index (χ3n) is 2.98. The van der Waals surface area contributed by atoms with Crippen LogP contribution in [-0.2, 0) is 17.8 Å². The number of rotatable bonds is 4. The van der Waals surface area contributed by atoms with Gasteiger partial charge < -0.3 is 4.57 Å². The third kappa shape index (κ3) is 2.52. The molecule has 2 heterocycles. The van der Waals surface area contributed by atoms with Crippen LogP contribution in [0.3, 0.4) is 0 Å². The molecule has 0 amide bonds. The van der Waals surface area contributed by atoms with Crippen molar-refractivity contribution in [3.05, 3.63) is 60.7 Å². The molecule has 0 aliphatic heterocycles. The van der Waals surface area contributed by atoms with Crippen molar-refractivity contribution in [1.29, 1.82) is 0 Å². The second kappa shape index (κ2) is 5.02. The first kappa shape index (κ1) is 11.6. The Hall–Kier alpha value is -2.49. The van der Waals surface area contributed by atoms with Gasteiger partial charge in [-0.25, -0.2) is 4.98 Å². The fraction of sp³-hybridized carbons (Fsp3) is 0.133. The van der Waals surface area contributed by atoms with Gasteiger partial charge in [0.05, 0.1) is 30.3 Å². The highest BCUT2D eigenvalue weighted by Crippen LogP contribution is 2.11. The number of fused-ring (bicyclic) bond motifs is 1. The zero-order chi connectivity index (χ0) is 13.1. The Morgan fingerprint density at radius 2 is 1.89 bits per heavy atom. The molecule has 0 saturated heterocycles. The highest BCUT2D eigenvalue weighted by Gasteiger charge is 2.08. The SMILES string of the molecule is O=C(Cc1ccccn1)Cn1cnc2ccccc21. The lowest BCUT2D eigenvalue weighted by Crippen LogP contribution is -2.12. The molecule has 0 N–H and O–H groups in total. The van der Waals surface area contributed by atoms with Gasteiger partial charge in [-0.1, -0.05) is 18.2 Å². The predicted octanol–water partition coefficient (Wildman–Crippen LogP) is 2.24. The van der Waals surface area contributed by atoms with E-state index in [0.29, 0.717) is 13.0 Å². The Kier molecular flexibility index (Phi) is 3.06. The number of carbonyl (C=O) groups is 1. The fourth-order valence-corrected chi connectivity index (χ4v) is 2.09. The van der Waals surface area contributed by atoms with E-state index in [-0.39, 0.29) is 5.78 Å². The van der Waals surface area contributed by atoms with Gasteiger partial charge >= 0.3 is 0 Å². The summed E-state index contributed by atoms with van der Waals surface area (Å²) in [5.74, 6) is 0.127. The molecule has 0 radical (unpaired) electrons. The summed E-state index contributed by atoms with van der Waals surface area (Å²) in [7, 11) is 0. The van der Waals surface area contributed by atoms with E-state index >= 15 is 0 Å². The molecule has 0 bridgehead atoms. The Labute approximate surface area is 110 Å². The quantitative estimate of drug-likeness (QED) is 0.714. The van der Waals surface area contributed by atoms with E-state index in [2.05, 4.69) is 9.97 Å². The largest absolute Gasteiger partial charge is 0.323 e. The normalized spacial score (nSPS) is 10.7. The third-order valence-corrected chi connectivity index (χ3v) is 2.98. The molecule has 0 unspecified atom stereocenters. The van der Waals surface area contributed by atoms with E-state index in [0.717, 1.165) is 16.7 Å². The van der Waals surface area contributed by atoms with Gasteiger partial charge in [-0.15, -0.1) is 0 Å². The van der Waals surface area contributed by atoms with Crippen LogP contribution in [0, 0.1) is 0 Å². The maximum Gasteiger partial charge on any atom is 0.158 e. The summed E-state index contributed by atoms with van der Waals surface area (Å²) in [6.07, 6.45) is 3.77. The number of nitrogens with zero attached hydrogens (tertiary/aromatic N) is 3. The van der Waals surface area contributed by atoms with E-state index in [1.165, 1.54) is 0 Å². The predicted molar refractivity (Wildman–Crippen MR) is 72.7 cm³/mol. The van der Waals surface area contributed by atoms with Crippen LogP contribution in [0.4, 0.5) is 0 Å². The van der Waals surface area contributed by atoms with Gasteiger partial charge in [0.15, 0.2) is 5.78 Å². The van der Waals surface area contributed by atoms with Gasteiger partial charge in [-0.05, 0) is 24.3 Å². The molecule has 19 heavy (non-hydrogen) atoms. The first-order valence-corrected chi connectivity index (χ1v) is 6.14. The number of pyridine rings is 1. The van der Waals surface area contributed by atoms with Crippen molar-refractivity contribution in [2.75, 3.05) is 0 Å². The zero-order valence-electron chi connectivity index (χ0n) is 10.4. The van der Waals surface area contributed by atoms with E-state index in [1.54, 1.807) is 12.5 Å². The molecule has 0 aliphatic rings. The van der Waals surface area contributed by atoms with Gasteiger partial charge in [0, 0.05) is 11.9 Å². The summed E-state index contributed by atoms with van der Waals surface area (Å²) >= 11 is 0. The Bertz CT molecular complexity index is 703. The molecule has 2 aromatic heterocycles. The van der Waals surface area contributed by atoms with Crippen LogP contribution in [-0.4, -0.2) is 20.3 Å². The number of Topliss-reactive ketones (excluding diaryl/α,β-unsaturated/α-hetero) is 1. The molecule has 4 heteroatoms. The average molecular weight is 251 g/mol. The van der Waals surface area contributed by atoms with Crippen LogP contribution < -0.4 is 0 Å². The topological polar surface area (TPSA) is 47.8 Å². The fourth-order valence-electron chi connectivity index (χ4n) is 2.09. The summed E-state index contributed by atoms with van der Waals surface area (Å²) in [6.45, 7) is 0.330. The Morgan fingerprint density at radius 3 is 2.74 bits per heavy atom. The molecule has 1 aromatic carbocycles. The average Bonchev–Trinajstić information content (AvgIpc) is 2.83. The zero-order valence-corrected chi connectivity index (χ0v) is 10.4. The molecular weight excluding hydrogens is 238 g/mol. The number of benzene rings is 1. The number of hydrogen-bond donors (Lipinski definition) is 0. The van der Waals surface area contributed by atoms with Crippen LogP contribution in [0.15, 0.2) is 55.0 Å². The molecule has 0 fully saturated rings. The lowest BCUT2D eigenvalue weighted by molar-refractivity contribution is -0.119. The van der Waals surface area contributed by atoms with E-state index in [1.807, 2.05) is 47.0 Å². The molecule has 0 aliphatic carbocycles. The minimum atomic E-state index is 0.127. The number of imidazole rings is 1. The number of carbonyl (C=O) groups excluding carboxylic acids is 1. The van der Waals surface area contributed by atoms with Crippen LogP contribution >= 0.6 is 0 Å². The first-order valence-electron chi connectivity index (χ1n) is 6.14. The second-order valence-electron chi connectivity index (χ2n) is 4.40. The van der Waals surface area contributed by atoms with Gasteiger partial charge in [0.1, 0.15) is 0 Å². The molecule has 94 valence electrons. The summed E-state index contributed by atoms with van der Waals surface area (Å²) in [5, 5.41) is 0. The Morgan fingerprint density at radius 1 is 1.05 bits per heavy atom. The minimum Gasteiger partial charge on any atom is -0.323 e. The highest BCUT2D eigenvalue weighted by molar-refractivity contribution is 5.83. The molecule has 0 saturated carbocycles. The first-order chi connectivity index (χ1) is 9.33. The summed E-state index contributed by atoms with van der Waals surface area (Å²) in [6, 6.07) is 13.4. The monoisotopic (exact) mass is 251 g/mol.